The third-order valence-corrected chi connectivity index (χ3v) is 5.11. The number of hydrogen-bond acceptors (Lipinski definition) is 2. The molecule has 0 aromatic rings. The lowest BCUT2D eigenvalue weighted by atomic mass is 9.72. The van der Waals surface area contributed by atoms with Gasteiger partial charge in [0.2, 0.25) is 5.91 Å². The number of carbonyl (C=O) groups is 1. The number of amides is 1. The number of carbonyl (C=O) groups excluding carboxylic acids is 1. The van der Waals surface area contributed by atoms with Crippen LogP contribution >= 0.6 is 0 Å². The third kappa shape index (κ3) is 3.08. The van der Waals surface area contributed by atoms with E-state index in [1.165, 1.54) is 12.0 Å². The summed E-state index contributed by atoms with van der Waals surface area (Å²) in [6, 6.07) is 0. The Balaban J connectivity index is 2.06. The minimum absolute atomic E-state index is 0.228. The Bertz CT molecular complexity index is 386. The van der Waals surface area contributed by atoms with Gasteiger partial charge in [0, 0.05) is 19.6 Å². The van der Waals surface area contributed by atoms with Gasteiger partial charge in [-0.05, 0) is 24.7 Å². The van der Waals surface area contributed by atoms with E-state index in [2.05, 4.69) is 26.8 Å². The molecule has 1 aliphatic heterocycles. The number of rotatable bonds is 2. The average molecular weight is 278 g/mol. The Kier molecular flexibility index (Phi) is 4.58. The van der Waals surface area contributed by atoms with Crippen molar-refractivity contribution in [3.05, 3.63) is 11.6 Å². The fourth-order valence-electron chi connectivity index (χ4n) is 3.60. The van der Waals surface area contributed by atoms with Crippen molar-refractivity contribution in [1.29, 1.82) is 0 Å². The molecule has 0 bridgehead atoms. The van der Waals surface area contributed by atoms with Crippen molar-refractivity contribution in [3.8, 4) is 0 Å². The topological polar surface area (TPSA) is 46.3 Å². The number of nitrogens with zero attached hydrogens (tertiary/aromatic N) is 1. The highest BCUT2D eigenvalue weighted by atomic mass is 16.2. The summed E-state index contributed by atoms with van der Waals surface area (Å²) in [4.78, 5) is 14.9. The van der Waals surface area contributed by atoms with E-state index in [4.69, 9.17) is 5.73 Å². The van der Waals surface area contributed by atoms with Crippen LogP contribution in [0.4, 0.5) is 0 Å². The van der Waals surface area contributed by atoms with Crippen LogP contribution in [0.15, 0.2) is 11.6 Å². The monoisotopic (exact) mass is 278 g/mol. The molecule has 114 valence electrons. The summed E-state index contributed by atoms with van der Waals surface area (Å²) >= 11 is 0. The summed E-state index contributed by atoms with van der Waals surface area (Å²) in [5, 5.41) is 0. The van der Waals surface area contributed by atoms with E-state index >= 15 is 0 Å². The fraction of sp³-hybridized carbons (Fsp3) is 0.824. The van der Waals surface area contributed by atoms with Gasteiger partial charge in [0.15, 0.2) is 0 Å². The molecular formula is C17H30N2O. The maximum atomic E-state index is 12.9. The fourth-order valence-corrected chi connectivity index (χ4v) is 3.60. The second-order valence-electron chi connectivity index (χ2n) is 7.53. The van der Waals surface area contributed by atoms with Crippen LogP contribution in [0, 0.1) is 10.8 Å². The molecule has 0 radical (unpaired) electrons. The molecule has 0 atom stereocenters. The Labute approximate surface area is 123 Å². The van der Waals surface area contributed by atoms with Crippen LogP contribution in [0.5, 0.6) is 0 Å². The van der Waals surface area contributed by atoms with E-state index in [-0.39, 0.29) is 10.8 Å². The van der Waals surface area contributed by atoms with Gasteiger partial charge in [-0.25, -0.2) is 0 Å². The quantitative estimate of drug-likeness (QED) is 0.789. The predicted molar refractivity (Wildman–Crippen MR) is 83.3 cm³/mol. The maximum Gasteiger partial charge on any atom is 0.230 e. The van der Waals surface area contributed by atoms with Crippen LogP contribution in [0.2, 0.25) is 0 Å². The molecule has 0 aromatic heterocycles. The minimum atomic E-state index is -0.259. The summed E-state index contributed by atoms with van der Waals surface area (Å²) in [5.74, 6) is 0.309. The molecule has 1 fully saturated rings. The molecular weight excluding hydrogens is 248 g/mol. The van der Waals surface area contributed by atoms with Gasteiger partial charge in [-0.2, -0.15) is 0 Å². The van der Waals surface area contributed by atoms with Crippen LogP contribution < -0.4 is 5.73 Å². The van der Waals surface area contributed by atoms with Crippen LogP contribution in [0.25, 0.3) is 0 Å². The van der Waals surface area contributed by atoms with Gasteiger partial charge in [0.25, 0.3) is 0 Å². The normalized spacial score (nSPS) is 23.4. The lowest BCUT2D eigenvalue weighted by Crippen LogP contribution is -2.50. The minimum Gasteiger partial charge on any atom is -0.338 e. The van der Waals surface area contributed by atoms with Crippen molar-refractivity contribution in [2.24, 2.45) is 16.6 Å². The van der Waals surface area contributed by atoms with Gasteiger partial charge in [0.05, 0.1) is 5.41 Å². The molecule has 0 spiro atoms. The van der Waals surface area contributed by atoms with Crippen molar-refractivity contribution in [3.63, 3.8) is 0 Å². The van der Waals surface area contributed by atoms with E-state index in [9.17, 15) is 4.79 Å². The van der Waals surface area contributed by atoms with E-state index in [0.29, 0.717) is 12.5 Å². The molecule has 1 aliphatic carbocycles. The van der Waals surface area contributed by atoms with E-state index < -0.39 is 0 Å². The lowest BCUT2D eigenvalue weighted by molar-refractivity contribution is -0.143. The maximum absolute atomic E-state index is 12.9. The zero-order valence-electron chi connectivity index (χ0n) is 13.4. The van der Waals surface area contributed by atoms with Crippen molar-refractivity contribution >= 4 is 5.91 Å². The summed E-state index contributed by atoms with van der Waals surface area (Å²) < 4.78 is 0. The standard InChI is InChI=1S/C17H30N2O/c1-16(2,3)14-7-11-19(12-8-14)15(20)17(13-18)9-5-4-6-10-17/h7H,4-6,8-13,18H2,1-3H3. The molecule has 2 N–H and O–H groups in total. The molecule has 3 nitrogen and oxygen atoms in total. The van der Waals surface area contributed by atoms with Crippen molar-refractivity contribution in [2.75, 3.05) is 19.6 Å². The number of nitrogens with two attached hydrogens (primary N) is 1. The second kappa shape index (κ2) is 5.88. The van der Waals surface area contributed by atoms with Gasteiger partial charge in [-0.1, -0.05) is 51.7 Å². The first-order valence-corrected chi connectivity index (χ1v) is 8.08. The molecule has 3 heteroatoms. The Morgan fingerprint density at radius 1 is 1.30 bits per heavy atom. The van der Waals surface area contributed by atoms with Crippen LogP contribution in [0.1, 0.15) is 59.3 Å². The van der Waals surface area contributed by atoms with Gasteiger partial charge >= 0.3 is 0 Å². The predicted octanol–water partition coefficient (Wildman–Crippen LogP) is 3.10. The lowest BCUT2D eigenvalue weighted by Gasteiger charge is -2.41. The Morgan fingerprint density at radius 2 is 1.95 bits per heavy atom. The summed E-state index contributed by atoms with van der Waals surface area (Å²) in [7, 11) is 0. The van der Waals surface area contributed by atoms with Crippen molar-refractivity contribution in [2.45, 2.75) is 59.3 Å². The zero-order chi connectivity index (χ0) is 14.8. The summed E-state index contributed by atoms with van der Waals surface area (Å²) in [5.41, 5.74) is 7.43. The first kappa shape index (κ1) is 15.6. The molecule has 0 unspecified atom stereocenters. The van der Waals surface area contributed by atoms with E-state index in [1.807, 2.05) is 4.90 Å². The van der Waals surface area contributed by atoms with E-state index in [0.717, 1.165) is 45.2 Å². The SMILES string of the molecule is CC(C)(C)C1=CCN(C(=O)C2(CN)CCCCC2)CC1. The number of hydrogen-bond donors (Lipinski definition) is 1. The van der Waals surface area contributed by atoms with Gasteiger partial charge in [-0.15, -0.1) is 0 Å². The van der Waals surface area contributed by atoms with Gasteiger partial charge in [-0.3, -0.25) is 4.79 Å². The van der Waals surface area contributed by atoms with E-state index in [1.54, 1.807) is 0 Å². The molecule has 1 saturated carbocycles. The molecule has 20 heavy (non-hydrogen) atoms. The van der Waals surface area contributed by atoms with Crippen molar-refractivity contribution in [1.82, 2.24) is 4.90 Å². The summed E-state index contributed by atoms with van der Waals surface area (Å²) in [6.07, 6.45) is 8.79. The average Bonchev–Trinajstić information content (AvgIpc) is 2.46. The van der Waals surface area contributed by atoms with Crippen LogP contribution in [-0.2, 0) is 4.79 Å². The Hall–Kier alpha value is -0.830. The first-order valence-electron chi connectivity index (χ1n) is 8.08. The third-order valence-electron chi connectivity index (χ3n) is 5.11. The highest BCUT2D eigenvalue weighted by Crippen LogP contribution is 2.38. The molecule has 0 saturated heterocycles. The smallest absolute Gasteiger partial charge is 0.230 e. The van der Waals surface area contributed by atoms with Crippen molar-refractivity contribution < 1.29 is 4.79 Å². The highest BCUT2D eigenvalue weighted by molar-refractivity contribution is 5.83. The van der Waals surface area contributed by atoms with Gasteiger partial charge in [0.1, 0.15) is 0 Å². The molecule has 0 aromatic carbocycles. The Morgan fingerprint density at radius 3 is 2.40 bits per heavy atom. The molecule has 1 amide bonds. The second-order valence-corrected chi connectivity index (χ2v) is 7.53. The largest absolute Gasteiger partial charge is 0.338 e. The van der Waals surface area contributed by atoms with Crippen LogP contribution in [0.3, 0.4) is 0 Å². The highest BCUT2D eigenvalue weighted by Gasteiger charge is 2.41. The van der Waals surface area contributed by atoms with Crippen LogP contribution in [-0.4, -0.2) is 30.4 Å². The molecule has 2 rings (SSSR count). The molecule has 2 aliphatic rings. The summed E-state index contributed by atoms with van der Waals surface area (Å²) in [6.45, 7) is 8.89. The first-order chi connectivity index (χ1) is 9.39. The zero-order valence-corrected chi connectivity index (χ0v) is 13.4. The van der Waals surface area contributed by atoms with Gasteiger partial charge < -0.3 is 10.6 Å². The molecule has 1 heterocycles.